The maximum absolute atomic E-state index is 12.9. The average molecular weight is 460 g/mol. The lowest BCUT2D eigenvalue weighted by atomic mass is 10.1. The Morgan fingerprint density at radius 3 is 2.62 bits per heavy atom. The van der Waals surface area contributed by atoms with Gasteiger partial charge in [-0.25, -0.2) is 0 Å². The quantitative estimate of drug-likeness (QED) is 0.394. The summed E-state index contributed by atoms with van der Waals surface area (Å²) in [6.07, 6.45) is 3.11. The van der Waals surface area contributed by atoms with E-state index in [0.29, 0.717) is 28.5 Å². The number of carbonyl (C=O) groups is 2. The summed E-state index contributed by atoms with van der Waals surface area (Å²) in [4.78, 5) is 25.5. The van der Waals surface area contributed by atoms with Gasteiger partial charge in [0.2, 0.25) is 0 Å². The number of amides is 2. The number of carbonyl (C=O) groups excluding carboxylic acids is 2. The molecule has 174 valence electrons. The van der Waals surface area contributed by atoms with Crippen molar-refractivity contribution in [3.8, 4) is 11.5 Å². The number of aryl methyl sites for hydroxylation is 1. The van der Waals surface area contributed by atoms with E-state index in [4.69, 9.17) is 13.9 Å². The van der Waals surface area contributed by atoms with Crippen LogP contribution in [0.25, 0.3) is 0 Å². The summed E-state index contributed by atoms with van der Waals surface area (Å²) >= 11 is 0. The Balaban J connectivity index is 1.42. The van der Waals surface area contributed by atoms with Crippen molar-refractivity contribution >= 4 is 17.5 Å². The lowest BCUT2D eigenvalue weighted by Crippen LogP contribution is -2.25. The highest BCUT2D eigenvalue weighted by molar-refractivity contribution is 6.08. The van der Waals surface area contributed by atoms with Gasteiger partial charge in [0.05, 0.1) is 25.6 Å². The number of hydrogen-bond acceptors (Lipinski definition) is 6. The number of ether oxygens (including phenoxy) is 2. The summed E-state index contributed by atoms with van der Waals surface area (Å²) in [5.74, 6) is 1.06. The van der Waals surface area contributed by atoms with Gasteiger partial charge >= 0.3 is 0 Å². The van der Waals surface area contributed by atoms with E-state index in [9.17, 15) is 9.59 Å². The third-order valence-electron chi connectivity index (χ3n) is 4.95. The predicted molar refractivity (Wildman–Crippen MR) is 125 cm³/mol. The highest BCUT2D eigenvalue weighted by atomic mass is 16.5. The summed E-state index contributed by atoms with van der Waals surface area (Å²) in [6, 6.07) is 17.9. The summed E-state index contributed by atoms with van der Waals surface area (Å²) in [5.41, 5.74) is 1.64. The van der Waals surface area contributed by atoms with Crippen molar-refractivity contribution in [3.63, 3.8) is 0 Å². The number of rotatable bonds is 9. The fourth-order valence-corrected chi connectivity index (χ4v) is 3.31. The maximum Gasteiger partial charge on any atom is 0.274 e. The maximum atomic E-state index is 12.9. The molecule has 2 heterocycles. The standard InChI is InChI=1S/C25H24N4O5/c1-29-15-20(23(28-29)25(31)26-14-19-9-6-12-33-19)27-24(30)18-8-5-7-17(13-18)16-34-22-11-4-3-10-21(22)32-2/h3-13,15H,14,16H2,1-2H3,(H,26,31)(H,27,30). The van der Waals surface area contributed by atoms with Crippen molar-refractivity contribution in [1.29, 1.82) is 0 Å². The van der Waals surface area contributed by atoms with Crippen LogP contribution >= 0.6 is 0 Å². The fourth-order valence-electron chi connectivity index (χ4n) is 3.31. The number of hydrogen-bond donors (Lipinski definition) is 2. The molecule has 0 bridgehead atoms. The molecule has 2 amide bonds. The minimum atomic E-state index is -0.425. The van der Waals surface area contributed by atoms with Crippen LogP contribution < -0.4 is 20.1 Å². The molecule has 0 fully saturated rings. The van der Waals surface area contributed by atoms with Crippen LogP contribution in [-0.4, -0.2) is 28.7 Å². The second-order valence-electron chi connectivity index (χ2n) is 7.42. The monoisotopic (exact) mass is 460 g/mol. The summed E-state index contributed by atoms with van der Waals surface area (Å²) in [7, 11) is 3.26. The molecular formula is C25H24N4O5. The molecule has 4 rings (SSSR count). The summed E-state index contributed by atoms with van der Waals surface area (Å²) in [6.45, 7) is 0.471. The van der Waals surface area contributed by atoms with Crippen LogP contribution in [0, 0.1) is 0 Å². The molecule has 2 aromatic carbocycles. The molecule has 34 heavy (non-hydrogen) atoms. The Morgan fingerprint density at radius 1 is 1.03 bits per heavy atom. The van der Waals surface area contributed by atoms with Gasteiger partial charge in [-0.1, -0.05) is 24.3 Å². The Hall–Kier alpha value is -4.53. The first-order valence-electron chi connectivity index (χ1n) is 10.5. The van der Waals surface area contributed by atoms with Crippen molar-refractivity contribution in [3.05, 3.63) is 95.7 Å². The van der Waals surface area contributed by atoms with Gasteiger partial charge in [-0.05, 0) is 42.0 Å². The number of furan rings is 1. The predicted octanol–water partition coefficient (Wildman–Crippen LogP) is 3.78. The molecule has 0 aliphatic heterocycles. The van der Waals surface area contributed by atoms with E-state index in [2.05, 4.69) is 15.7 Å². The molecule has 9 nitrogen and oxygen atoms in total. The molecule has 0 atom stereocenters. The van der Waals surface area contributed by atoms with E-state index < -0.39 is 5.91 Å². The van der Waals surface area contributed by atoms with E-state index in [1.807, 2.05) is 30.3 Å². The van der Waals surface area contributed by atoms with Crippen molar-refractivity contribution < 1.29 is 23.5 Å². The summed E-state index contributed by atoms with van der Waals surface area (Å²) in [5, 5.41) is 9.69. The molecule has 0 radical (unpaired) electrons. The van der Waals surface area contributed by atoms with E-state index in [0.717, 1.165) is 5.56 Å². The van der Waals surface area contributed by atoms with Crippen LogP contribution in [-0.2, 0) is 20.2 Å². The van der Waals surface area contributed by atoms with Gasteiger partial charge in [-0.3, -0.25) is 14.3 Å². The molecular weight excluding hydrogens is 436 g/mol. The zero-order chi connectivity index (χ0) is 23.9. The van der Waals surface area contributed by atoms with Crippen molar-refractivity contribution in [1.82, 2.24) is 15.1 Å². The largest absolute Gasteiger partial charge is 0.493 e. The van der Waals surface area contributed by atoms with Gasteiger partial charge in [0.15, 0.2) is 17.2 Å². The number of para-hydroxylation sites is 2. The minimum absolute atomic E-state index is 0.109. The van der Waals surface area contributed by atoms with Crippen LogP contribution in [0.1, 0.15) is 32.2 Å². The summed E-state index contributed by atoms with van der Waals surface area (Å²) < 4.78 is 17.8. The van der Waals surface area contributed by atoms with Gasteiger partial charge in [0.25, 0.3) is 11.8 Å². The van der Waals surface area contributed by atoms with Gasteiger partial charge in [0, 0.05) is 18.8 Å². The SMILES string of the molecule is COc1ccccc1OCc1cccc(C(=O)Nc2cn(C)nc2C(=O)NCc2ccco2)c1. The van der Waals surface area contributed by atoms with Crippen LogP contribution in [0.3, 0.4) is 0 Å². The molecule has 0 aliphatic rings. The third kappa shape index (κ3) is 5.44. The van der Waals surface area contributed by atoms with Crippen LogP contribution in [0.4, 0.5) is 5.69 Å². The van der Waals surface area contributed by atoms with Crippen LogP contribution in [0.5, 0.6) is 11.5 Å². The van der Waals surface area contributed by atoms with Crippen LogP contribution in [0.2, 0.25) is 0 Å². The lowest BCUT2D eigenvalue weighted by Gasteiger charge is -2.11. The second kappa shape index (κ2) is 10.4. The fraction of sp³-hybridized carbons (Fsp3) is 0.160. The zero-order valence-electron chi connectivity index (χ0n) is 18.8. The van der Waals surface area contributed by atoms with E-state index in [1.165, 1.54) is 10.9 Å². The Labute approximate surface area is 196 Å². The van der Waals surface area contributed by atoms with Crippen LogP contribution in [0.15, 0.2) is 77.5 Å². The van der Waals surface area contributed by atoms with Gasteiger partial charge in [-0.2, -0.15) is 5.10 Å². The third-order valence-corrected chi connectivity index (χ3v) is 4.95. The molecule has 0 spiro atoms. The van der Waals surface area contributed by atoms with E-state index in [1.54, 1.807) is 50.7 Å². The second-order valence-corrected chi connectivity index (χ2v) is 7.42. The Morgan fingerprint density at radius 2 is 1.85 bits per heavy atom. The molecule has 0 saturated heterocycles. The first-order chi connectivity index (χ1) is 16.5. The highest BCUT2D eigenvalue weighted by Crippen LogP contribution is 2.26. The number of aromatic nitrogens is 2. The Bertz CT molecular complexity index is 1280. The van der Waals surface area contributed by atoms with Crippen molar-refractivity contribution in [2.24, 2.45) is 7.05 Å². The number of anilines is 1. The normalized spacial score (nSPS) is 10.5. The molecule has 0 unspecified atom stereocenters. The number of benzene rings is 2. The molecule has 2 N–H and O–H groups in total. The molecule has 4 aromatic rings. The van der Waals surface area contributed by atoms with Crippen molar-refractivity contribution in [2.75, 3.05) is 12.4 Å². The smallest absolute Gasteiger partial charge is 0.274 e. The molecule has 0 aliphatic carbocycles. The Kier molecular flexibility index (Phi) is 6.92. The number of nitrogens with zero attached hydrogens (tertiary/aromatic N) is 2. The topological polar surface area (TPSA) is 108 Å². The minimum Gasteiger partial charge on any atom is -0.493 e. The van der Waals surface area contributed by atoms with Crippen molar-refractivity contribution in [2.45, 2.75) is 13.2 Å². The van der Waals surface area contributed by atoms with Gasteiger partial charge in [-0.15, -0.1) is 0 Å². The van der Waals surface area contributed by atoms with Gasteiger partial charge in [0.1, 0.15) is 12.4 Å². The highest BCUT2D eigenvalue weighted by Gasteiger charge is 2.19. The lowest BCUT2D eigenvalue weighted by molar-refractivity contribution is 0.0943. The average Bonchev–Trinajstić information content (AvgIpc) is 3.51. The molecule has 2 aromatic heterocycles. The first kappa shape index (κ1) is 22.7. The molecule has 9 heteroatoms. The van der Waals surface area contributed by atoms with E-state index in [-0.39, 0.29) is 24.8 Å². The first-order valence-corrected chi connectivity index (χ1v) is 10.5. The van der Waals surface area contributed by atoms with E-state index >= 15 is 0 Å². The van der Waals surface area contributed by atoms with Gasteiger partial charge < -0.3 is 24.5 Å². The molecule has 0 saturated carbocycles. The number of methoxy groups -OCH3 is 1. The zero-order valence-corrected chi connectivity index (χ0v) is 18.8. The number of nitrogens with one attached hydrogen (secondary N) is 2.